The summed E-state index contributed by atoms with van der Waals surface area (Å²) in [5, 5.41) is 0.295. The molecule has 0 amide bonds. The van der Waals surface area contributed by atoms with Crippen molar-refractivity contribution in [2.45, 2.75) is 45.4 Å². The predicted octanol–water partition coefficient (Wildman–Crippen LogP) is 5.45. The van der Waals surface area contributed by atoms with E-state index in [4.69, 9.17) is 16.3 Å². The van der Waals surface area contributed by atoms with Crippen molar-refractivity contribution in [2.24, 2.45) is 0 Å². The first kappa shape index (κ1) is 24.4. The van der Waals surface area contributed by atoms with Crippen LogP contribution in [0, 0.1) is 0 Å². The number of carbonyl (C=O) groups is 1. The van der Waals surface area contributed by atoms with Crippen LogP contribution in [-0.2, 0) is 22.1 Å². The van der Waals surface area contributed by atoms with Gasteiger partial charge >= 0.3 is 17.8 Å². The number of aromatic nitrogens is 3. The van der Waals surface area contributed by atoms with Crippen LogP contribution in [-0.4, -0.2) is 26.5 Å². The highest BCUT2D eigenvalue weighted by molar-refractivity contribution is 6.33. The van der Waals surface area contributed by atoms with Gasteiger partial charge in [-0.2, -0.15) is 18.2 Å². The fraction of sp³-hybridized carbons (Fsp3) is 0.304. The van der Waals surface area contributed by atoms with E-state index in [-0.39, 0.29) is 29.6 Å². The topological polar surface area (TPSA) is 84.9 Å². The molecule has 1 N–H and O–H groups in total. The minimum absolute atomic E-state index is 0.0438. The number of aromatic amines is 1. The van der Waals surface area contributed by atoms with E-state index in [1.807, 2.05) is 0 Å². The Bertz CT molecular complexity index is 1220. The van der Waals surface area contributed by atoms with Gasteiger partial charge in [-0.1, -0.05) is 29.8 Å². The normalized spacial score (nSPS) is 12.0. The van der Waals surface area contributed by atoms with E-state index in [2.05, 4.69) is 15.0 Å². The minimum atomic E-state index is -4.48. The van der Waals surface area contributed by atoms with Gasteiger partial charge in [-0.3, -0.25) is 9.78 Å². The number of hydrogen-bond donors (Lipinski definition) is 1. The number of benzene rings is 2. The van der Waals surface area contributed by atoms with Gasteiger partial charge in [0.2, 0.25) is 0 Å². The van der Waals surface area contributed by atoms with E-state index in [9.17, 15) is 22.8 Å². The molecule has 2 aromatic carbocycles. The van der Waals surface area contributed by atoms with Crippen LogP contribution in [0.5, 0.6) is 0 Å². The Morgan fingerprint density at radius 2 is 1.73 bits per heavy atom. The molecule has 174 valence electrons. The lowest BCUT2D eigenvalue weighted by atomic mass is 10.1. The second kappa shape index (κ2) is 9.35. The summed E-state index contributed by atoms with van der Waals surface area (Å²) in [4.78, 5) is 34.7. The number of carbonyl (C=O) groups excluding carboxylic acids is 1. The summed E-state index contributed by atoms with van der Waals surface area (Å²) in [5.74, 6) is -0.286. The standard InChI is InChI=1S/C23H21ClF3N3O3/c1-22(2,3)33-18(31)11-5-13-4-10-17(24)16(12-13)20-28-19(29-21(32)30-20)14-6-8-15(9-7-14)23(25,26)27/h4,6-10,12H,5,11H2,1-3H3,(H,28,29,30,32). The number of nitrogens with zero attached hydrogens (tertiary/aromatic N) is 2. The molecule has 33 heavy (non-hydrogen) atoms. The van der Waals surface area contributed by atoms with E-state index in [0.29, 0.717) is 17.0 Å². The molecule has 3 rings (SSSR count). The SMILES string of the molecule is CC(C)(C)OC(=O)CCc1ccc(Cl)c(-c2nc(-c3ccc(C(F)(F)F)cc3)nc(=O)[nH]2)c1. The van der Waals surface area contributed by atoms with Gasteiger partial charge in [0.15, 0.2) is 5.82 Å². The van der Waals surface area contributed by atoms with Crippen molar-refractivity contribution in [3.05, 3.63) is 69.1 Å². The molecule has 0 fully saturated rings. The lowest BCUT2D eigenvalue weighted by Gasteiger charge is -2.19. The first-order valence-corrected chi connectivity index (χ1v) is 10.4. The van der Waals surface area contributed by atoms with Crippen LogP contribution in [0.4, 0.5) is 13.2 Å². The van der Waals surface area contributed by atoms with Crippen LogP contribution in [0.2, 0.25) is 5.02 Å². The highest BCUT2D eigenvalue weighted by Gasteiger charge is 2.30. The number of aryl methyl sites for hydroxylation is 1. The Kier molecular flexibility index (Phi) is 6.92. The van der Waals surface area contributed by atoms with Crippen LogP contribution in [0.1, 0.15) is 38.3 Å². The number of esters is 1. The van der Waals surface area contributed by atoms with E-state index in [1.165, 1.54) is 12.1 Å². The zero-order valence-corrected chi connectivity index (χ0v) is 18.8. The Balaban J connectivity index is 1.89. The summed E-state index contributed by atoms with van der Waals surface area (Å²) >= 11 is 6.30. The number of hydrogen-bond acceptors (Lipinski definition) is 5. The molecule has 0 saturated carbocycles. The Hall–Kier alpha value is -3.20. The highest BCUT2D eigenvalue weighted by Crippen LogP contribution is 2.31. The second-order valence-electron chi connectivity index (χ2n) is 8.30. The zero-order chi connectivity index (χ0) is 24.4. The monoisotopic (exact) mass is 479 g/mol. The molecule has 10 heteroatoms. The molecule has 0 radical (unpaired) electrons. The molecule has 0 bridgehead atoms. The first-order chi connectivity index (χ1) is 15.3. The van der Waals surface area contributed by atoms with Crippen LogP contribution in [0.25, 0.3) is 22.8 Å². The molecular weight excluding hydrogens is 459 g/mol. The summed E-state index contributed by atoms with van der Waals surface area (Å²) in [6, 6.07) is 9.21. The Morgan fingerprint density at radius 3 is 2.33 bits per heavy atom. The molecular formula is C23H21ClF3N3O3. The number of alkyl halides is 3. The van der Waals surface area contributed by atoms with Crippen LogP contribution < -0.4 is 5.69 Å². The summed E-state index contributed by atoms with van der Waals surface area (Å²) in [6.07, 6.45) is -3.96. The maximum atomic E-state index is 12.8. The molecule has 1 heterocycles. The van der Waals surface area contributed by atoms with Gasteiger partial charge in [-0.15, -0.1) is 0 Å². The molecule has 0 atom stereocenters. The van der Waals surface area contributed by atoms with Crippen molar-refractivity contribution in [3.8, 4) is 22.8 Å². The summed E-state index contributed by atoms with van der Waals surface area (Å²) in [5.41, 5.74) is -0.742. The molecule has 0 aliphatic rings. The third kappa shape index (κ3) is 6.64. The third-order valence-electron chi connectivity index (χ3n) is 4.44. The quantitative estimate of drug-likeness (QED) is 0.492. The molecule has 6 nitrogen and oxygen atoms in total. The number of rotatable bonds is 5. The largest absolute Gasteiger partial charge is 0.460 e. The fourth-order valence-corrected chi connectivity index (χ4v) is 3.20. The van der Waals surface area contributed by atoms with E-state index < -0.39 is 23.0 Å². The summed E-state index contributed by atoms with van der Waals surface area (Å²) < 4.78 is 43.8. The lowest BCUT2D eigenvalue weighted by Crippen LogP contribution is -2.24. The molecule has 0 spiro atoms. The Labute approximate surface area is 192 Å². The summed E-state index contributed by atoms with van der Waals surface area (Å²) in [7, 11) is 0. The maximum Gasteiger partial charge on any atom is 0.416 e. The maximum absolute atomic E-state index is 12.8. The zero-order valence-electron chi connectivity index (χ0n) is 18.1. The van der Waals surface area contributed by atoms with Gasteiger partial charge in [-0.25, -0.2) is 9.78 Å². The van der Waals surface area contributed by atoms with Gasteiger partial charge in [0.25, 0.3) is 0 Å². The Morgan fingerprint density at radius 1 is 1.06 bits per heavy atom. The lowest BCUT2D eigenvalue weighted by molar-refractivity contribution is -0.154. The van der Waals surface area contributed by atoms with Gasteiger partial charge in [0.05, 0.1) is 10.6 Å². The van der Waals surface area contributed by atoms with Crippen molar-refractivity contribution in [2.75, 3.05) is 0 Å². The van der Waals surface area contributed by atoms with Gasteiger partial charge in [0.1, 0.15) is 11.4 Å². The van der Waals surface area contributed by atoms with Crippen molar-refractivity contribution in [3.63, 3.8) is 0 Å². The van der Waals surface area contributed by atoms with Gasteiger partial charge in [-0.05, 0) is 57.0 Å². The molecule has 0 aliphatic carbocycles. The third-order valence-corrected chi connectivity index (χ3v) is 4.77. The highest BCUT2D eigenvalue weighted by atomic mass is 35.5. The molecule has 0 unspecified atom stereocenters. The molecule has 3 aromatic rings. The van der Waals surface area contributed by atoms with Crippen molar-refractivity contribution in [1.82, 2.24) is 15.0 Å². The minimum Gasteiger partial charge on any atom is -0.460 e. The van der Waals surface area contributed by atoms with Crippen LogP contribution in [0.3, 0.4) is 0 Å². The second-order valence-corrected chi connectivity index (χ2v) is 8.71. The molecule has 0 saturated heterocycles. The first-order valence-electron chi connectivity index (χ1n) is 9.98. The van der Waals surface area contributed by atoms with Gasteiger partial charge < -0.3 is 4.74 Å². The number of H-pyrrole nitrogens is 1. The van der Waals surface area contributed by atoms with Gasteiger partial charge in [0, 0.05) is 17.5 Å². The van der Waals surface area contributed by atoms with E-state index in [1.54, 1.807) is 39.0 Å². The van der Waals surface area contributed by atoms with Crippen molar-refractivity contribution < 1.29 is 22.7 Å². The number of nitrogens with one attached hydrogen (secondary N) is 1. The average Bonchev–Trinajstić information content (AvgIpc) is 2.71. The van der Waals surface area contributed by atoms with Crippen molar-refractivity contribution in [1.29, 1.82) is 0 Å². The average molecular weight is 480 g/mol. The van der Waals surface area contributed by atoms with E-state index in [0.717, 1.165) is 17.7 Å². The van der Waals surface area contributed by atoms with E-state index >= 15 is 0 Å². The molecule has 0 aliphatic heterocycles. The van der Waals surface area contributed by atoms with Crippen molar-refractivity contribution >= 4 is 17.6 Å². The fourth-order valence-electron chi connectivity index (χ4n) is 3.00. The summed E-state index contributed by atoms with van der Waals surface area (Å²) in [6.45, 7) is 5.35. The smallest absolute Gasteiger partial charge is 0.416 e. The predicted molar refractivity (Wildman–Crippen MR) is 118 cm³/mol. The number of halogens is 4. The number of ether oxygens (including phenoxy) is 1. The van der Waals surface area contributed by atoms with Crippen LogP contribution >= 0.6 is 11.6 Å². The molecule has 1 aromatic heterocycles. The van der Waals surface area contributed by atoms with Crippen LogP contribution in [0.15, 0.2) is 47.3 Å².